The predicted octanol–water partition coefficient (Wildman–Crippen LogP) is 2.76. The average molecular weight is 280 g/mol. The average Bonchev–Trinajstić information content (AvgIpc) is 2.97. The summed E-state index contributed by atoms with van der Waals surface area (Å²) in [4.78, 5) is 16.5. The third kappa shape index (κ3) is 3.42. The molecule has 0 radical (unpaired) electrons. The smallest absolute Gasteiger partial charge is 0.186 e. The highest BCUT2D eigenvalue weighted by Gasteiger charge is 2.26. The Morgan fingerprint density at radius 1 is 1.29 bits per heavy atom. The number of hydrogen-bond donors (Lipinski definition) is 0. The Bertz CT molecular complexity index is 698. The van der Waals surface area contributed by atoms with Crippen molar-refractivity contribution in [2.75, 3.05) is 0 Å². The van der Waals surface area contributed by atoms with Gasteiger partial charge in [-0.25, -0.2) is 9.67 Å². The van der Waals surface area contributed by atoms with Crippen LogP contribution in [0.3, 0.4) is 0 Å². The molecule has 0 atom stereocenters. The van der Waals surface area contributed by atoms with Crippen LogP contribution in [0.1, 0.15) is 31.9 Å². The number of hydrogen-bond acceptors (Lipinski definition) is 4. The molecule has 106 valence electrons. The molecule has 0 saturated heterocycles. The van der Waals surface area contributed by atoms with E-state index in [0.717, 1.165) is 5.56 Å². The molecule has 2 rings (SSSR count). The summed E-state index contributed by atoms with van der Waals surface area (Å²) >= 11 is 0. The van der Waals surface area contributed by atoms with Gasteiger partial charge in [0.2, 0.25) is 0 Å². The van der Waals surface area contributed by atoms with Gasteiger partial charge in [-0.05, 0) is 23.8 Å². The third-order valence-corrected chi connectivity index (χ3v) is 2.92. The number of ketones is 1. The van der Waals surface area contributed by atoms with Gasteiger partial charge in [0, 0.05) is 5.41 Å². The lowest BCUT2D eigenvalue weighted by molar-refractivity contribution is -0.120. The fraction of sp³-hybridized carbons (Fsp3) is 0.250. The summed E-state index contributed by atoms with van der Waals surface area (Å²) < 4.78 is 1.46. The van der Waals surface area contributed by atoms with Crippen molar-refractivity contribution in [3.63, 3.8) is 0 Å². The fourth-order valence-electron chi connectivity index (χ4n) is 1.76. The Kier molecular flexibility index (Phi) is 3.99. The summed E-state index contributed by atoms with van der Waals surface area (Å²) in [7, 11) is 0. The minimum Gasteiger partial charge on any atom is -0.292 e. The normalized spacial score (nSPS) is 12.0. The van der Waals surface area contributed by atoms with Crippen molar-refractivity contribution < 1.29 is 4.79 Å². The number of aromatic nitrogens is 3. The lowest BCUT2D eigenvalue weighted by Crippen LogP contribution is -2.24. The van der Waals surface area contributed by atoms with E-state index in [-0.39, 0.29) is 5.78 Å². The van der Waals surface area contributed by atoms with Crippen molar-refractivity contribution in [1.29, 1.82) is 5.26 Å². The van der Waals surface area contributed by atoms with Crippen LogP contribution in [0.2, 0.25) is 0 Å². The monoisotopic (exact) mass is 280 g/mol. The van der Waals surface area contributed by atoms with E-state index in [2.05, 4.69) is 16.2 Å². The number of rotatable bonds is 3. The first-order valence-electron chi connectivity index (χ1n) is 6.53. The molecule has 0 N–H and O–H groups in total. The van der Waals surface area contributed by atoms with Gasteiger partial charge in [0.15, 0.2) is 5.78 Å². The molecule has 1 aromatic heterocycles. The minimum absolute atomic E-state index is 0.0302. The molecule has 5 heteroatoms. The summed E-state index contributed by atoms with van der Waals surface area (Å²) in [5.41, 5.74) is 1.34. The van der Waals surface area contributed by atoms with Gasteiger partial charge >= 0.3 is 0 Å². The van der Waals surface area contributed by atoms with E-state index in [1.165, 1.54) is 17.3 Å². The molecule has 21 heavy (non-hydrogen) atoms. The molecule has 0 bridgehead atoms. The van der Waals surface area contributed by atoms with Crippen LogP contribution in [0.15, 0.2) is 36.9 Å². The van der Waals surface area contributed by atoms with Gasteiger partial charge in [-0.2, -0.15) is 10.4 Å². The van der Waals surface area contributed by atoms with E-state index in [9.17, 15) is 4.79 Å². The number of carbonyl (C=O) groups excluding carboxylic acids is 1. The van der Waals surface area contributed by atoms with Crippen LogP contribution in [-0.2, 0) is 4.79 Å². The summed E-state index contributed by atoms with van der Waals surface area (Å²) in [5, 5.41) is 12.9. The van der Waals surface area contributed by atoms with E-state index in [1.54, 1.807) is 30.3 Å². The van der Waals surface area contributed by atoms with E-state index in [1.807, 2.05) is 20.8 Å². The fourth-order valence-corrected chi connectivity index (χ4v) is 1.76. The van der Waals surface area contributed by atoms with E-state index >= 15 is 0 Å². The second kappa shape index (κ2) is 5.71. The Labute approximate surface area is 123 Å². The quantitative estimate of drug-likeness (QED) is 0.810. The Morgan fingerprint density at radius 2 is 1.95 bits per heavy atom. The van der Waals surface area contributed by atoms with Crippen molar-refractivity contribution in [3.8, 4) is 6.07 Å². The third-order valence-electron chi connectivity index (χ3n) is 2.92. The van der Waals surface area contributed by atoms with Gasteiger partial charge in [0.05, 0.1) is 11.6 Å². The molecular weight excluding hydrogens is 264 g/mol. The number of benzene rings is 1. The second-order valence-electron chi connectivity index (χ2n) is 5.68. The highest BCUT2D eigenvalue weighted by molar-refractivity contribution is 6.21. The van der Waals surface area contributed by atoms with Gasteiger partial charge in [-0.1, -0.05) is 32.9 Å². The molecule has 0 aliphatic rings. The van der Waals surface area contributed by atoms with Crippen LogP contribution < -0.4 is 0 Å². The van der Waals surface area contributed by atoms with Crippen LogP contribution in [0, 0.1) is 16.7 Å². The maximum Gasteiger partial charge on any atom is 0.186 e. The van der Waals surface area contributed by atoms with Crippen LogP contribution in [-0.4, -0.2) is 20.5 Å². The molecule has 0 unspecified atom stereocenters. The summed E-state index contributed by atoms with van der Waals surface area (Å²) in [6.45, 7) is 5.58. The minimum atomic E-state index is -0.523. The zero-order valence-electron chi connectivity index (χ0n) is 12.2. The molecule has 0 spiro atoms. The molecule has 0 amide bonds. The molecular formula is C16H16N4O. The van der Waals surface area contributed by atoms with E-state index in [0.29, 0.717) is 11.3 Å². The van der Waals surface area contributed by atoms with Crippen molar-refractivity contribution in [2.45, 2.75) is 20.8 Å². The first-order valence-corrected chi connectivity index (χ1v) is 6.53. The van der Waals surface area contributed by atoms with Gasteiger partial charge in [-0.15, -0.1) is 0 Å². The topological polar surface area (TPSA) is 71.6 Å². The zero-order chi connectivity index (χ0) is 15.5. The molecule has 0 aliphatic heterocycles. The molecule has 0 fully saturated rings. The first kappa shape index (κ1) is 14.7. The highest BCUT2D eigenvalue weighted by Crippen LogP contribution is 2.24. The number of Topliss-reactive ketones (excluding diaryl/α,β-unsaturated/α-hetero) is 1. The molecule has 2 aromatic rings. The standard InChI is InChI=1S/C16H16N4O/c1-16(2,3)15(21)14(20-11-18-10-19-20)8-12-4-6-13(9-17)7-5-12/h4-8,10-11H,1-3H3. The van der Waals surface area contributed by atoms with Gasteiger partial charge in [0.25, 0.3) is 0 Å². The van der Waals surface area contributed by atoms with Gasteiger partial charge in [0.1, 0.15) is 18.4 Å². The predicted molar refractivity (Wildman–Crippen MR) is 79.8 cm³/mol. The zero-order valence-corrected chi connectivity index (χ0v) is 12.2. The van der Waals surface area contributed by atoms with Crippen LogP contribution >= 0.6 is 0 Å². The molecule has 1 aromatic carbocycles. The molecule has 1 heterocycles. The SMILES string of the molecule is CC(C)(C)C(=O)C(=Cc1ccc(C#N)cc1)n1cncn1. The summed E-state index contributed by atoms with van der Waals surface area (Å²) in [5.74, 6) is -0.0302. The van der Waals surface area contributed by atoms with Crippen LogP contribution in [0.25, 0.3) is 11.8 Å². The van der Waals surface area contributed by atoms with Gasteiger partial charge < -0.3 is 0 Å². The summed E-state index contributed by atoms with van der Waals surface area (Å²) in [6.07, 6.45) is 4.64. The second-order valence-corrected chi connectivity index (χ2v) is 5.68. The Hall–Kier alpha value is -2.74. The van der Waals surface area contributed by atoms with E-state index < -0.39 is 5.41 Å². The van der Waals surface area contributed by atoms with Crippen LogP contribution in [0.5, 0.6) is 0 Å². The Balaban J connectivity index is 2.47. The van der Waals surface area contributed by atoms with Crippen molar-refractivity contribution in [3.05, 3.63) is 48.0 Å². The number of carbonyl (C=O) groups is 1. The van der Waals surface area contributed by atoms with Crippen molar-refractivity contribution in [1.82, 2.24) is 14.8 Å². The molecule has 0 aliphatic carbocycles. The number of allylic oxidation sites excluding steroid dienone is 1. The maximum absolute atomic E-state index is 12.6. The Morgan fingerprint density at radius 3 is 2.43 bits per heavy atom. The molecule has 5 nitrogen and oxygen atoms in total. The lowest BCUT2D eigenvalue weighted by Gasteiger charge is -2.18. The maximum atomic E-state index is 12.6. The van der Waals surface area contributed by atoms with Crippen LogP contribution in [0.4, 0.5) is 0 Å². The first-order chi connectivity index (χ1) is 9.91. The largest absolute Gasteiger partial charge is 0.292 e. The number of nitrogens with zero attached hydrogens (tertiary/aromatic N) is 4. The van der Waals surface area contributed by atoms with E-state index in [4.69, 9.17) is 5.26 Å². The number of nitriles is 1. The van der Waals surface area contributed by atoms with Crippen molar-refractivity contribution >= 4 is 17.6 Å². The summed E-state index contributed by atoms with van der Waals surface area (Å²) in [6, 6.07) is 9.09. The van der Waals surface area contributed by atoms with Crippen molar-refractivity contribution in [2.24, 2.45) is 5.41 Å². The molecule has 0 saturated carbocycles. The van der Waals surface area contributed by atoms with Gasteiger partial charge in [-0.3, -0.25) is 4.79 Å². The highest BCUT2D eigenvalue weighted by atomic mass is 16.1. The lowest BCUT2D eigenvalue weighted by atomic mass is 9.88.